The number of hydrogen-bond acceptors (Lipinski definition) is 3. The number of nitrogens with zero attached hydrogens (tertiary/aromatic N) is 1. The van der Waals surface area contributed by atoms with E-state index in [1.807, 2.05) is 48.5 Å². The predicted octanol–water partition coefficient (Wildman–Crippen LogP) is 3.43. The van der Waals surface area contributed by atoms with Gasteiger partial charge >= 0.3 is 12.1 Å². The largest absolute Gasteiger partial charge is 0.480 e. The zero-order chi connectivity index (χ0) is 18.3. The summed E-state index contributed by atoms with van der Waals surface area (Å²) in [5, 5.41) is 9.17. The third-order valence-corrected chi connectivity index (χ3v) is 5.11. The molecule has 4 rings (SSSR count). The molecule has 1 N–H and O–H groups in total. The predicted molar refractivity (Wildman–Crippen MR) is 92.7 cm³/mol. The maximum Gasteiger partial charge on any atom is 0.410 e. The molecule has 0 bridgehead atoms. The van der Waals surface area contributed by atoms with Crippen LogP contribution in [0.5, 0.6) is 0 Å². The fraction of sp³-hybridized carbons (Fsp3) is 0.300. The second-order valence-electron chi connectivity index (χ2n) is 6.64. The van der Waals surface area contributed by atoms with Crippen molar-refractivity contribution in [1.82, 2.24) is 4.90 Å². The maximum absolute atomic E-state index is 13.6. The Kier molecular flexibility index (Phi) is 4.11. The summed E-state index contributed by atoms with van der Waals surface area (Å²) >= 11 is 0. The van der Waals surface area contributed by atoms with Crippen molar-refractivity contribution >= 4 is 12.1 Å². The lowest BCUT2D eigenvalue weighted by atomic mass is 9.98. The summed E-state index contributed by atoms with van der Waals surface area (Å²) in [5.41, 5.74) is 4.36. The lowest BCUT2D eigenvalue weighted by molar-refractivity contribution is -0.141. The number of carbonyl (C=O) groups is 2. The van der Waals surface area contributed by atoms with Crippen LogP contribution in [-0.2, 0) is 9.53 Å². The van der Waals surface area contributed by atoms with Crippen molar-refractivity contribution < 1.29 is 23.8 Å². The molecule has 0 spiro atoms. The number of halogens is 1. The molecule has 0 unspecified atom stereocenters. The number of aliphatic carboxylic acids is 1. The molecule has 26 heavy (non-hydrogen) atoms. The van der Waals surface area contributed by atoms with Crippen LogP contribution in [0.3, 0.4) is 0 Å². The monoisotopic (exact) mass is 355 g/mol. The van der Waals surface area contributed by atoms with E-state index in [4.69, 9.17) is 4.74 Å². The van der Waals surface area contributed by atoms with Crippen LogP contribution in [0.25, 0.3) is 11.1 Å². The third-order valence-electron chi connectivity index (χ3n) is 5.11. The molecule has 0 radical (unpaired) electrons. The highest BCUT2D eigenvalue weighted by Gasteiger charge is 2.41. The summed E-state index contributed by atoms with van der Waals surface area (Å²) in [6.45, 7) is -0.152. The molecule has 2 aromatic rings. The van der Waals surface area contributed by atoms with Gasteiger partial charge in [-0.05, 0) is 22.3 Å². The quantitative estimate of drug-likeness (QED) is 0.916. The number of carboxylic acid groups (broad SMARTS) is 1. The molecule has 1 amide bonds. The van der Waals surface area contributed by atoms with Gasteiger partial charge in [0.25, 0.3) is 0 Å². The molecule has 1 saturated heterocycles. The van der Waals surface area contributed by atoms with Crippen LogP contribution in [-0.4, -0.2) is 47.4 Å². The van der Waals surface area contributed by atoms with Gasteiger partial charge < -0.3 is 9.84 Å². The van der Waals surface area contributed by atoms with Gasteiger partial charge in [0.05, 0.1) is 6.54 Å². The number of carbonyl (C=O) groups excluding carboxylic acids is 1. The average molecular weight is 355 g/mol. The van der Waals surface area contributed by atoms with E-state index in [0.717, 1.165) is 27.2 Å². The van der Waals surface area contributed by atoms with Crippen LogP contribution in [0.2, 0.25) is 0 Å². The maximum atomic E-state index is 13.6. The molecule has 0 aromatic heterocycles. The number of ether oxygens (including phenoxy) is 1. The smallest absolute Gasteiger partial charge is 0.410 e. The fourth-order valence-corrected chi connectivity index (χ4v) is 3.90. The summed E-state index contributed by atoms with van der Waals surface area (Å²) in [5.74, 6) is -1.32. The molecular formula is C20H18FNO4. The molecule has 1 aliphatic heterocycles. The molecule has 2 aromatic carbocycles. The van der Waals surface area contributed by atoms with E-state index in [9.17, 15) is 19.1 Å². The Hall–Kier alpha value is -2.89. The first kappa shape index (κ1) is 16.6. The molecule has 134 valence electrons. The fourth-order valence-electron chi connectivity index (χ4n) is 3.90. The number of benzene rings is 2. The zero-order valence-corrected chi connectivity index (χ0v) is 14.0. The van der Waals surface area contributed by atoms with Crippen molar-refractivity contribution in [3.63, 3.8) is 0 Å². The van der Waals surface area contributed by atoms with E-state index in [2.05, 4.69) is 0 Å². The van der Waals surface area contributed by atoms with Gasteiger partial charge in [0.2, 0.25) is 0 Å². The third kappa shape index (κ3) is 2.71. The standard InChI is InChI=1S/C20H18FNO4/c21-12-9-18(19(23)24)22(10-12)20(25)26-11-17-15-7-3-1-5-13(15)14-6-2-4-8-16(14)17/h1-8,12,17-18H,9-11H2,(H,23,24)/t12-,18-/m0/s1. The summed E-state index contributed by atoms with van der Waals surface area (Å²) in [7, 11) is 0. The minimum atomic E-state index is -1.34. The molecule has 5 nitrogen and oxygen atoms in total. The summed E-state index contributed by atoms with van der Waals surface area (Å²) in [4.78, 5) is 24.6. The van der Waals surface area contributed by atoms with Gasteiger partial charge in [-0.2, -0.15) is 0 Å². The summed E-state index contributed by atoms with van der Waals surface area (Å²) in [6.07, 6.45) is -2.31. The number of carboxylic acids is 1. The normalized spacial score (nSPS) is 21.3. The molecule has 1 heterocycles. The molecule has 2 aliphatic rings. The van der Waals surface area contributed by atoms with E-state index in [0.29, 0.717) is 0 Å². The van der Waals surface area contributed by atoms with Crippen LogP contribution in [0.1, 0.15) is 23.5 Å². The Morgan fingerprint density at radius 1 is 1.08 bits per heavy atom. The van der Waals surface area contributed by atoms with E-state index < -0.39 is 24.3 Å². The number of fused-ring (bicyclic) bond motifs is 3. The molecule has 1 aliphatic carbocycles. The summed E-state index contributed by atoms with van der Waals surface area (Å²) in [6, 6.07) is 14.7. The molecule has 0 saturated carbocycles. The van der Waals surface area contributed by atoms with Gasteiger partial charge in [-0.3, -0.25) is 4.90 Å². The number of rotatable bonds is 3. The van der Waals surface area contributed by atoms with Crippen LogP contribution >= 0.6 is 0 Å². The van der Waals surface area contributed by atoms with Crippen molar-refractivity contribution in [2.45, 2.75) is 24.6 Å². The second-order valence-corrected chi connectivity index (χ2v) is 6.64. The van der Waals surface area contributed by atoms with Gasteiger partial charge in [0, 0.05) is 12.3 Å². The first-order chi connectivity index (χ1) is 12.6. The van der Waals surface area contributed by atoms with Crippen molar-refractivity contribution in [2.75, 3.05) is 13.2 Å². The SMILES string of the molecule is O=C(O)[C@@H]1C[C@H](F)CN1C(=O)OCC1c2ccccc2-c2ccccc21. The highest BCUT2D eigenvalue weighted by atomic mass is 19.1. The van der Waals surface area contributed by atoms with Crippen molar-refractivity contribution in [3.05, 3.63) is 59.7 Å². The van der Waals surface area contributed by atoms with Gasteiger partial charge in [0.1, 0.15) is 18.8 Å². The molecular weight excluding hydrogens is 337 g/mol. The van der Waals surface area contributed by atoms with Crippen molar-refractivity contribution in [1.29, 1.82) is 0 Å². The van der Waals surface area contributed by atoms with Gasteiger partial charge in [-0.1, -0.05) is 48.5 Å². The topological polar surface area (TPSA) is 66.8 Å². The Labute approximate surface area is 150 Å². The minimum Gasteiger partial charge on any atom is -0.480 e. The zero-order valence-electron chi connectivity index (χ0n) is 14.0. The Balaban J connectivity index is 1.53. The van der Waals surface area contributed by atoms with Gasteiger partial charge in [-0.15, -0.1) is 0 Å². The molecule has 6 heteroatoms. The number of amides is 1. The average Bonchev–Trinajstić information content (AvgIpc) is 3.18. The highest BCUT2D eigenvalue weighted by molar-refractivity contribution is 5.81. The molecule has 1 fully saturated rings. The van der Waals surface area contributed by atoms with Crippen molar-refractivity contribution in [3.8, 4) is 11.1 Å². The van der Waals surface area contributed by atoms with E-state index in [-0.39, 0.29) is 25.5 Å². The highest BCUT2D eigenvalue weighted by Crippen LogP contribution is 2.44. The Morgan fingerprint density at radius 2 is 1.65 bits per heavy atom. The first-order valence-corrected chi connectivity index (χ1v) is 8.54. The number of likely N-dealkylation sites (tertiary alicyclic amines) is 1. The Morgan fingerprint density at radius 3 is 2.23 bits per heavy atom. The minimum absolute atomic E-state index is 0.0899. The summed E-state index contributed by atoms with van der Waals surface area (Å²) < 4.78 is 19.0. The molecule has 2 atom stereocenters. The lowest BCUT2D eigenvalue weighted by Gasteiger charge is -2.22. The van der Waals surface area contributed by atoms with E-state index >= 15 is 0 Å². The van der Waals surface area contributed by atoms with Gasteiger partial charge in [-0.25, -0.2) is 14.0 Å². The lowest BCUT2D eigenvalue weighted by Crippen LogP contribution is -2.41. The van der Waals surface area contributed by atoms with Gasteiger partial charge in [0.15, 0.2) is 0 Å². The van der Waals surface area contributed by atoms with E-state index in [1.165, 1.54) is 0 Å². The number of hydrogen-bond donors (Lipinski definition) is 1. The van der Waals surface area contributed by atoms with Crippen LogP contribution in [0, 0.1) is 0 Å². The first-order valence-electron chi connectivity index (χ1n) is 8.54. The van der Waals surface area contributed by atoms with Crippen LogP contribution < -0.4 is 0 Å². The van der Waals surface area contributed by atoms with E-state index in [1.54, 1.807) is 0 Å². The van der Waals surface area contributed by atoms with Crippen LogP contribution in [0.15, 0.2) is 48.5 Å². The second kappa shape index (κ2) is 6.44. The van der Waals surface area contributed by atoms with Crippen molar-refractivity contribution in [2.24, 2.45) is 0 Å². The Bertz CT molecular complexity index is 823. The van der Waals surface area contributed by atoms with Crippen LogP contribution in [0.4, 0.5) is 9.18 Å². The number of alkyl halides is 1.